The molecule has 0 radical (unpaired) electrons. The van der Waals surface area contributed by atoms with E-state index in [1.54, 1.807) is 16.8 Å². The van der Waals surface area contributed by atoms with Crippen LogP contribution in [0.2, 0.25) is 0 Å². The fourth-order valence-electron chi connectivity index (χ4n) is 2.45. The number of nitrogens with one attached hydrogen (secondary N) is 1. The highest BCUT2D eigenvalue weighted by atomic mass is 16.5. The summed E-state index contributed by atoms with van der Waals surface area (Å²) in [6.07, 6.45) is 2.14. The lowest BCUT2D eigenvalue weighted by atomic mass is 9.99. The summed E-state index contributed by atoms with van der Waals surface area (Å²) in [4.78, 5) is 11.8. The van der Waals surface area contributed by atoms with E-state index in [-0.39, 0.29) is 11.6 Å². The third-order valence-electron chi connectivity index (χ3n) is 3.56. The van der Waals surface area contributed by atoms with Crippen LogP contribution in [0.25, 0.3) is 0 Å². The molecule has 2 atom stereocenters. The van der Waals surface area contributed by atoms with Gasteiger partial charge in [0.05, 0.1) is 18.8 Å². The number of rotatable bonds is 6. The van der Waals surface area contributed by atoms with Crippen molar-refractivity contribution in [3.63, 3.8) is 0 Å². The van der Waals surface area contributed by atoms with Crippen molar-refractivity contribution in [1.82, 2.24) is 15.1 Å². The second kappa shape index (κ2) is 6.82. The van der Waals surface area contributed by atoms with Crippen LogP contribution in [0.5, 0.6) is 0 Å². The van der Waals surface area contributed by atoms with Gasteiger partial charge in [-0.25, -0.2) is 4.68 Å². The van der Waals surface area contributed by atoms with E-state index in [2.05, 4.69) is 17.3 Å². The van der Waals surface area contributed by atoms with Gasteiger partial charge in [0.2, 0.25) is 0 Å². The van der Waals surface area contributed by atoms with Gasteiger partial charge in [0.25, 0.3) is 5.56 Å². The van der Waals surface area contributed by atoms with E-state index in [4.69, 9.17) is 4.74 Å². The maximum atomic E-state index is 11.8. The molecule has 2 rings (SSSR count). The molecule has 1 aliphatic heterocycles. The molecule has 2 heterocycles. The Morgan fingerprint density at radius 3 is 3.11 bits per heavy atom. The Morgan fingerprint density at radius 1 is 1.58 bits per heavy atom. The molecule has 19 heavy (non-hydrogen) atoms. The van der Waals surface area contributed by atoms with Crippen molar-refractivity contribution in [2.45, 2.75) is 39.3 Å². The fraction of sp³-hybridized carbons (Fsp3) is 0.714. The van der Waals surface area contributed by atoms with Crippen molar-refractivity contribution in [2.24, 2.45) is 5.92 Å². The molecule has 1 saturated heterocycles. The lowest BCUT2D eigenvalue weighted by Gasteiger charge is -2.24. The van der Waals surface area contributed by atoms with Gasteiger partial charge < -0.3 is 10.1 Å². The molecule has 1 fully saturated rings. The van der Waals surface area contributed by atoms with Crippen molar-refractivity contribution in [3.05, 3.63) is 28.2 Å². The van der Waals surface area contributed by atoms with E-state index in [1.807, 2.05) is 6.92 Å². The summed E-state index contributed by atoms with van der Waals surface area (Å²) in [7, 11) is 0. The molecule has 1 N–H and O–H groups in total. The summed E-state index contributed by atoms with van der Waals surface area (Å²) in [6.45, 7) is 7.23. The summed E-state index contributed by atoms with van der Waals surface area (Å²) < 4.78 is 7.03. The number of nitrogens with zero attached hydrogens (tertiary/aromatic N) is 2. The first-order valence-corrected chi connectivity index (χ1v) is 7.06. The van der Waals surface area contributed by atoms with E-state index in [0.717, 1.165) is 38.3 Å². The molecule has 0 bridgehead atoms. The van der Waals surface area contributed by atoms with Gasteiger partial charge in [-0.3, -0.25) is 4.79 Å². The SMILES string of the molecule is CCCNC(Cn1nc(C)ccc1=O)C1CCOC1. The lowest BCUT2D eigenvalue weighted by Crippen LogP contribution is -2.43. The van der Waals surface area contributed by atoms with Crippen LogP contribution in [0.1, 0.15) is 25.5 Å². The Bertz CT molecular complexity index is 452. The highest BCUT2D eigenvalue weighted by Gasteiger charge is 2.26. The largest absolute Gasteiger partial charge is 0.381 e. The quantitative estimate of drug-likeness (QED) is 0.832. The number of ether oxygens (including phenoxy) is 1. The number of aryl methyl sites for hydroxylation is 1. The maximum absolute atomic E-state index is 11.8. The van der Waals surface area contributed by atoms with Gasteiger partial charge in [0.15, 0.2) is 0 Å². The third-order valence-corrected chi connectivity index (χ3v) is 3.56. The number of hydrogen-bond donors (Lipinski definition) is 1. The van der Waals surface area contributed by atoms with Gasteiger partial charge in [-0.2, -0.15) is 5.10 Å². The topological polar surface area (TPSA) is 56.2 Å². The standard InChI is InChI=1S/C14H23N3O2/c1-3-7-15-13(12-6-8-19-10-12)9-17-14(18)5-4-11(2)16-17/h4-5,12-13,15H,3,6-10H2,1-2H3. The molecule has 5 heteroatoms. The summed E-state index contributed by atoms with van der Waals surface area (Å²) in [5.41, 5.74) is 0.837. The average Bonchev–Trinajstić information content (AvgIpc) is 2.92. The molecule has 0 amide bonds. The van der Waals surface area contributed by atoms with Crippen LogP contribution >= 0.6 is 0 Å². The van der Waals surface area contributed by atoms with Crippen molar-refractivity contribution in [1.29, 1.82) is 0 Å². The molecular formula is C14H23N3O2. The molecular weight excluding hydrogens is 242 g/mol. The van der Waals surface area contributed by atoms with Crippen LogP contribution < -0.4 is 10.9 Å². The summed E-state index contributed by atoms with van der Waals surface area (Å²) in [6, 6.07) is 3.60. The smallest absolute Gasteiger partial charge is 0.266 e. The molecule has 5 nitrogen and oxygen atoms in total. The number of hydrogen-bond acceptors (Lipinski definition) is 4. The Morgan fingerprint density at radius 2 is 2.42 bits per heavy atom. The second-order valence-corrected chi connectivity index (χ2v) is 5.18. The highest BCUT2D eigenvalue weighted by Crippen LogP contribution is 2.17. The molecule has 0 aliphatic carbocycles. The van der Waals surface area contributed by atoms with Gasteiger partial charge >= 0.3 is 0 Å². The molecule has 1 aliphatic rings. The molecule has 1 aromatic rings. The van der Waals surface area contributed by atoms with Crippen LogP contribution in [-0.2, 0) is 11.3 Å². The van der Waals surface area contributed by atoms with Crippen LogP contribution in [0.4, 0.5) is 0 Å². The van der Waals surface area contributed by atoms with Gasteiger partial charge in [-0.15, -0.1) is 0 Å². The first-order valence-electron chi connectivity index (χ1n) is 7.06. The molecule has 2 unspecified atom stereocenters. The Labute approximate surface area is 114 Å². The molecule has 106 valence electrons. The summed E-state index contributed by atoms with van der Waals surface area (Å²) >= 11 is 0. The van der Waals surface area contributed by atoms with Gasteiger partial charge in [0, 0.05) is 24.6 Å². The second-order valence-electron chi connectivity index (χ2n) is 5.18. The Kier molecular flexibility index (Phi) is 5.10. The minimum absolute atomic E-state index is 0.0344. The van der Waals surface area contributed by atoms with Crippen molar-refractivity contribution in [3.8, 4) is 0 Å². The third kappa shape index (κ3) is 3.88. The lowest BCUT2D eigenvalue weighted by molar-refractivity contribution is 0.172. The van der Waals surface area contributed by atoms with E-state index in [9.17, 15) is 4.79 Å². The van der Waals surface area contributed by atoms with Crippen molar-refractivity contribution >= 4 is 0 Å². The minimum Gasteiger partial charge on any atom is -0.381 e. The van der Waals surface area contributed by atoms with Crippen molar-refractivity contribution in [2.75, 3.05) is 19.8 Å². The van der Waals surface area contributed by atoms with E-state index >= 15 is 0 Å². The van der Waals surface area contributed by atoms with E-state index in [0.29, 0.717) is 12.5 Å². The van der Waals surface area contributed by atoms with E-state index in [1.165, 1.54) is 0 Å². The normalized spacial score (nSPS) is 20.6. The summed E-state index contributed by atoms with van der Waals surface area (Å²) in [5, 5.41) is 7.84. The minimum atomic E-state index is -0.0344. The van der Waals surface area contributed by atoms with Crippen LogP contribution in [0.3, 0.4) is 0 Å². The maximum Gasteiger partial charge on any atom is 0.266 e. The molecule has 0 aromatic carbocycles. The van der Waals surface area contributed by atoms with Crippen molar-refractivity contribution < 1.29 is 4.74 Å². The van der Waals surface area contributed by atoms with Gasteiger partial charge in [-0.1, -0.05) is 6.92 Å². The van der Waals surface area contributed by atoms with Crippen LogP contribution in [0, 0.1) is 12.8 Å². The predicted molar refractivity (Wildman–Crippen MR) is 74.2 cm³/mol. The highest BCUT2D eigenvalue weighted by molar-refractivity contribution is 4.97. The summed E-state index contributed by atoms with van der Waals surface area (Å²) in [5.74, 6) is 0.473. The number of aromatic nitrogens is 2. The molecule has 0 saturated carbocycles. The zero-order chi connectivity index (χ0) is 13.7. The van der Waals surface area contributed by atoms with Gasteiger partial charge in [-0.05, 0) is 32.4 Å². The zero-order valence-electron chi connectivity index (χ0n) is 11.8. The first-order chi connectivity index (χ1) is 9.20. The van der Waals surface area contributed by atoms with Crippen LogP contribution in [-0.4, -0.2) is 35.6 Å². The predicted octanol–water partition coefficient (Wildman–Crippen LogP) is 0.956. The molecule has 0 spiro atoms. The monoisotopic (exact) mass is 265 g/mol. The van der Waals surface area contributed by atoms with Crippen LogP contribution in [0.15, 0.2) is 16.9 Å². The average molecular weight is 265 g/mol. The Hall–Kier alpha value is -1.20. The van der Waals surface area contributed by atoms with E-state index < -0.39 is 0 Å². The van der Waals surface area contributed by atoms with Gasteiger partial charge in [0.1, 0.15) is 0 Å². The Balaban J connectivity index is 2.09. The molecule has 1 aromatic heterocycles. The first kappa shape index (κ1) is 14.2. The fourth-order valence-corrected chi connectivity index (χ4v) is 2.45. The zero-order valence-corrected chi connectivity index (χ0v) is 11.8.